The molecule has 156 valence electrons. The molecule has 4 aromatic rings. The van der Waals surface area contributed by atoms with E-state index < -0.39 is 0 Å². The van der Waals surface area contributed by atoms with Gasteiger partial charge in [0.25, 0.3) is 5.91 Å². The SMILES string of the molecule is CCc1ccc(-n2nc3cc(C)c(NC(=S)NC(=O)c4ccc(I)cc4)cc3n2)cc1. The first kappa shape index (κ1) is 21.4. The van der Waals surface area contributed by atoms with Crippen LogP contribution in [0.1, 0.15) is 28.4 Å². The molecule has 0 spiro atoms. The van der Waals surface area contributed by atoms with Gasteiger partial charge in [-0.05, 0) is 108 Å². The molecule has 6 nitrogen and oxygen atoms in total. The minimum atomic E-state index is -0.255. The molecule has 3 aromatic carbocycles. The lowest BCUT2D eigenvalue weighted by atomic mass is 10.2. The van der Waals surface area contributed by atoms with Crippen LogP contribution in [0.25, 0.3) is 16.7 Å². The third-order valence-corrected chi connectivity index (χ3v) is 5.81. The fraction of sp³-hybridized carbons (Fsp3) is 0.130. The molecule has 2 N–H and O–H groups in total. The lowest BCUT2D eigenvalue weighted by molar-refractivity contribution is 0.0977. The molecular formula is C23H20IN5OS. The fourth-order valence-electron chi connectivity index (χ4n) is 3.11. The number of hydrogen-bond donors (Lipinski definition) is 2. The van der Waals surface area contributed by atoms with E-state index in [4.69, 9.17) is 12.2 Å². The van der Waals surface area contributed by atoms with Crippen molar-refractivity contribution in [3.63, 3.8) is 0 Å². The van der Waals surface area contributed by atoms with Gasteiger partial charge in [-0.25, -0.2) is 0 Å². The Bertz CT molecular complexity index is 1270. The number of fused-ring (bicyclic) bond motifs is 1. The van der Waals surface area contributed by atoms with Crippen LogP contribution in [0.15, 0.2) is 60.7 Å². The second-order valence-electron chi connectivity index (χ2n) is 7.08. The van der Waals surface area contributed by atoms with Crippen LogP contribution in [0.4, 0.5) is 5.69 Å². The molecule has 31 heavy (non-hydrogen) atoms. The molecular weight excluding hydrogens is 521 g/mol. The van der Waals surface area contributed by atoms with Crippen molar-refractivity contribution in [2.75, 3.05) is 5.32 Å². The van der Waals surface area contributed by atoms with E-state index in [0.29, 0.717) is 5.56 Å². The van der Waals surface area contributed by atoms with Gasteiger partial charge in [-0.2, -0.15) is 4.80 Å². The van der Waals surface area contributed by atoms with Crippen LogP contribution in [0, 0.1) is 10.5 Å². The first-order chi connectivity index (χ1) is 14.9. The van der Waals surface area contributed by atoms with Gasteiger partial charge in [0, 0.05) is 14.8 Å². The Labute approximate surface area is 199 Å². The maximum Gasteiger partial charge on any atom is 0.257 e. The summed E-state index contributed by atoms with van der Waals surface area (Å²) in [6.45, 7) is 4.08. The Morgan fingerprint density at radius 2 is 1.68 bits per heavy atom. The zero-order valence-electron chi connectivity index (χ0n) is 17.0. The number of anilines is 1. The predicted octanol–water partition coefficient (Wildman–Crippen LogP) is 5.02. The van der Waals surface area contributed by atoms with Crippen LogP contribution in [-0.4, -0.2) is 26.0 Å². The Kier molecular flexibility index (Phi) is 6.28. The lowest BCUT2D eigenvalue weighted by Gasteiger charge is -2.11. The maximum absolute atomic E-state index is 12.4. The monoisotopic (exact) mass is 541 g/mol. The van der Waals surface area contributed by atoms with E-state index >= 15 is 0 Å². The van der Waals surface area contributed by atoms with Gasteiger partial charge in [0.2, 0.25) is 0 Å². The van der Waals surface area contributed by atoms with Gasteiger partial charge in [-0.1, -0.05) is 19.1 Å². The second-order valence-corrected chi connectivity index (χ2v) is 8.73. The minimum Gasteiger partial charge on any atom is -0.332 e. The summed E-state index contributed by atoms with van der Waals surface area (Å²) >= 11 is 7.54. The van der Waals surface area contributed by atoms with E-state index in [1.54, 1.807) is 16.9 Å². The first-order valence-electron chi connectivity index (χ1n) is 9.78. The Balaban J connectivity index is 1.52. The number of thiocarbonyl (C=S) groups is 1. The molecule has 0 saturated carbocycles. The zero-order valence-corrected chi connectivity index (χ0v) is 20.0. The van der Waals surface area contributed by atoms with Gasteiger partial charge >= 0.3 is 0 Å². The smallest absolute Gasteiger partial charge is 0.257 e. The van der Waals surface area contributed by atoms with Crippen LogP contribution >= 0.6 is 34.8 Å². The van der Waals surface area contributed by atoms with E-state index in [1.807, 2.05) is 43.3 Å². The Hall–Kier alpha value is -2.85. The molecule has 0 aliphatic heterocycles. The summed E-state index contributed by atoms with van der Waals surface area (Å²) in [6, 6.07) is 19.3. The van der Waals surface area contributed by atoms with Crippen LogP contribution in [0.3, 0.4) is 0 Å². The highest BCUT2D eigenvalue weighted by Crippen LogP contribution is 2.22. The van der Waals surface area contributed by atoms with E-state index in [-0.39, 0.29) is 11.0 Å². The van der Waals surface area contributed by atoms with Crippen LogP contribution in [0.2, 0.25) is 0 Å². The topological polar surface area (TPSA) is 71.8 Å². The first-order valence-corrected chi connectivity index (χ1v) is 11.3. The van der Waals surface area contributed by atoms with Gasteiger partial charge in [-0.3, -0.25) is 10.1 Å². The third-order valence-electron chi connectivity index (χ3n) is 4.88. The highest BCUT2D eigenvalue weighted by molar-refractivity contribution is 14.1. The number of aryl methyl sites for hydroxylation is 2. The van der Waals surface area contributed by atoms with Gasteiger partial charge in [0.05, 0.1) is 5.69 Å². The van der Waals surface area contributed by atoms with Crippen molar-refractivity contribution in [1.82, 2.24) is 20.3 Å². The Morgan fingerprint density at radius 3 is 2.32 bits per heavy atom. The van der Waals surface area contributed by atoms with Crippen LogP contribution in [0.5, 0.6) is 0 Å². The Morgan fingerprint density at radius 1 is 1.03 bits per heavy atom. The van der Waals surface area contributed by atoms with Crippen LogP contribution in [-0.2, 0) is 6.42 Å². The summed E-state index contributed by atoms with van der Waals surface area (Å²) in [6.07, 6.45) is 0.989. The summed E-state index contributed by atoms with van der Waals surface area (Å²) in [5, 5.41) is 15.2. The summed E-state index contributed by atoms with van der Waals surface area (Å²) < 4.78 is 1.06. The molecule has 4 rings (SSSR count). The summed E-state index contributed by atoms with van der Waals surface area (Å²) in [4.78, 5) is 14.0. The normalized spacial score (nSPS) is 10.8. The average molecular weight is 541 g/mol. The van der Waals surface area contributed by atoms with Crippen molar-refractivity contribution in [2.24, 2.45) is 0 Å². The molecule has 1 amide bonds. The predicted molar refractivity (Wildman–Crippen MR) is 136 cm³/mol. The molecule has 1 heterocycles. The number of hydrogen-bond acceptors (Lipinski definition) is 4. The lowest BCUT2D eigenvalue weighted by Crippen LogP contribution is -2.34. The average Bonchev–Trinajstić information content (AvgIpc) is 3.17. The van der Waals surface area contributed by atoms with Crippen molar-refractivity contribution in [3.8, 4) is 5.69 Å². The van der Waals surface area contributed by atoms with Crippen molar-refractivity contribution >= 4 is 62.5 Å². The van der Waals surface area contributed by atoms with E-state index in [9.17, 15) is 4.79 Å². The van der Waals surface area contributed by atoms with E-state index in [2.05, 4.69) is 62.5 Å². The molecule has 1 aromatic heterocycles. The second kappa shape index (κ2) is 9.11. The standard InChI is InChI=1S/C23H20IN5OS/c1-3-15-4-10-18(11-5-15)29-27-20-12-14(2)19(13-21(20)28-29)25-23(31)26-22(30)16-6-8-17(24)9-7-16/h4-13H,3H2,1-2H3,(H2,25,26,30,31). The van der Waals surface area contributed by atoms with Crippen molar-refractivity contribution in [3.05, 3.63) is 80.9 Å². The highest BCUT2D eigenvalue weighted by atomic mass is 127. The minimum absolute atomic E-state index is 0.230. The molecule has 0 fully saturated rings. The van der Waals surface area contributed by atoms with Gasteiger partial charge in [-0.15, -0.1) is 10.2 Å². The number of nitrogens with zero attached hydrogens (tertiary/aromatic N) is 3. The van der Waals surface area contributed by atoms with Crippen molar-refractivity contribution in [2.45, 2.75) is 20.3 Å². The quantitative estimate of drug-likeness (QED) is 0.281. The number of carbonyl (C=O) groups excluding carboxylic acids is 1. The molecule has 0 bridgehead atoms. The van der Waals surface area contributed by atoms with Gasteiger partial charge in [0.1, 0.15) is 11.0 Å². The largest absolute Gasteiger partial charge is 0.332 e. The maximum atomic E-state index is 12.4. The van der Waals surface area contributed by atoms with E-state index in [0.717, 1.165) is 38.0 Å². The summed E-state index contributed by atoms with van der Waals surface area (Å²) in [7, 11) is 0. The van der Waals surface area contributed by atoms with Crippen molar-refractivity contribution < 1.29 is 4.79 Å². The molecule has 0 aliphatic rings. The number of rotatable bonds is 4. The molecule has 0 atom stereocenters. The highest BCUT2D eigenvalue weighted by Gasteiger charge is 2.12. The molecule has 0 saturated heterocycles. The fourth-order valence-corrected chi connectivity index (χ4v) is 3.68. The van der Waals surface area contributed by atoms with Crippen LogP contribution < -0.4 is 10.6 Å². The molecule has 0 unspecified atom stereocenters. The zero-order chi connectivity index (χ0) is 22.0. The number of amides is 1. The molecule has 8 heteroatoms. The third kappa shape index (κ3) is 4.91. The van der Waals surface area contributed by atoms with E-state index in [1.165, 1.54) is 5.56 Å². The summed E-state index contributed by atoms with van der Waals surface area (Å²) in [5.41, 5.74) is 5.97. The van der Waals surface area contributed by atoms with Gasteiger partial charge in [0.15, 0.2) is 5.11 Å². The number of carbonyl (C=O) groups is 1. The van der Waals surface area contributed by atoms with Crippen molar-refractivity contribution in [1.29, 1.82) is 0 Å². The van der Waals surface area contributed by atoms with Gasteiger partial charge < -0.3 is 5.32 Å². The number of benzene rings is 3. The number of halogens is 1. The number of nitrogens with one attached hydrogen (secondary N) is 2. The summed E-state index contributed by atoms with van der Waals surface area (Å²) in [5.74, 6) is -0.255. The molecule has 0 radical (unpaired) electrons. The molecule has 0 aliphatic carbocycles. The number of aromatic nitrogens is 3.